The summed E-state index contributed by atoms with van der Waals surface area (Å²) in [7, 11) is 0. The second kappa shape index (κ2) is 7.26. The van der Waals surface area contributed by atoms with Crippen molar-refractivity contribution in [2.24, 2.45) is 0 Å². The number of hydrogen-bond acceptors (Lipinski definition) is 2. The minimum Gasteiger partial charge on any atom is -0.387 e. The second-order valence-electron chi connectivity index (χ2n) is 3.60. The molecule has 0 aliphatic heterocycles. The first-order valence-electron chi connectivity index (χ1n) is 5.29. The minimum atomic E-state index is -0.865. The number of carbonyl (C=O) groups excluding carboxylic acids is 1. The van der Waals surface area contributed by atoms with Gasteiger partial charge in [0, 0.05) is 23.1 Å². The molecule has 3 N–H and O–H groups in total. The summed E-state index contributed by atoms with van der Waals surface area (Å²) in [5.74, 6) is 0. The molecule has 0 aromatic heterocycles. The van der Waals surface area contributed by atoms with Crippen LogP contribution in [0.5, 0.6) is 0 Å². The number of aliphatic hydroxyl groups excluding tert-OH is 1. The van der Waals surface area contributed by atoms with Gasteiger partial charge in [0.15, 0.2) is 0 Å². The monoisotopic (exact) mass is 288 g/mol. The number of amides is 2. The van der Waals surface area contributed by atoms with E-state index in [4.69, 9.17) is 23.2 Å². The third kappa shape index (κ3) is 4.96. The van der Waals surface area contributed by atoms with Crippen molar-refractivity contribution in [3.63, 3.8) is 0 Å². The number of halogens is 2. The van der Waals surface area contributed by atoms with Crippen LogP contribution in [0.4, 0.5) is 4.79 Å². The van der Waals surface area contributed by atoms with Crippen molar-refractivity contribution in [1.82, 2.24) is 10.6 Å². The van der Waals surface area contributed by atoms with Gasteiger partial charge in [-0.3, -0.25) is 0 Å². The van der Waals surface area contributed by atoms with Crippen molar-refractivity contribution in [3.8, 4) is 0 Å². The van der Waals surface area contributed by atoms with Gasteiger partial charge in [-0.15, -0.1) is 6.58 Å². The summed E-state index contributed by atoms with van der Waals surface area (Å²) in [5.41, 5.74) is 0.552. The lowest BCUT2D eigenvalue weighted by Crippen LogP contribution is -2.37. The van der Waals surface area contributed by atoms with E-state index < -0.39 is 6.10 Å². The largest absolute Gasteiger partial charge is 0.387 e. The molecule has 0 fully saturated rings. The number of nitrogens with one attached hydrogen (secondary N) is 2. The van der Waals surface area contributed by atoms with Gasteiger partial charge in [-0.1, -0.05) is 29.3 Å². The predicted octanol–water partition coefficient (Wildman–Crippen LogP) is 2.51. The molecule has 1 aromatic carbocycles. The van der Waals surface area contributed by atoms with Crippen LogP contribution in [0.1, 0.15) is 11.7 Å². The molecule has 1 atom stereocenters. The maximum Gasteiger partial charge on any atom is 0.315 e. The molecule has 0 spiro atoms. The maximum absolute atomic E-state index is 11.2. The van der Waals surface area contributed by atoms with E-state index in [1.165, 1.54) is 0 Å². The van der Waals surface area contributed by atoms with Gasteiger partial charge in [0.05, 0.1) is 6.10 Å². The Kier molecular flexibility index (Phi) is 5.98. The minimum absolute atomic E-state index is 0.0691. The molecular weight excluding hydrogens is 275 g/mol. The Labute approximate surface area is 116 Å². The molecular formula is C12H14Cl2N2O2. The molecule has 0 heterocycles. The summed E-state index contributed by atoms with van der Waals surface area (Å²) in [4.78, 5) is 11.2. The Morgan fingerprint density at radius 2 is 1.94 bits per heavy atom. The highest BCUT2D eigenvalue weighted by atomic mass is 35.5. The predicted molar refractivity (Wildman–Crippen MR) is 73.0 cm³/mol. The number of urea groups is 1. The number of rotatable bonds is 5. The van der Waals surface area contributed by atoms with Crippen molar-refractivity contribution >= 4 is 29.2 Å². The zero-order valence-corrected chi connectivity index (χ0v) is 11.1. The van der Waals surface area contributed by atoms with E-state index in [2.05, 4.69) is 17.2 Å². The lowest BCUT2D eigenvalue weighted by atomic mass is 10.1. The van der Waals surface area contributed by atoms with E-state index >= 15 is 0 Å². The first-order chi connectivity index (χ1) is 8.52. The van der Waals surface area contributed by atoms with Gasteiger partial charge in [-0.25, -0.2) is 4.79 Å². The smallest absolute Gasteiger partial charge is 0.315 e. The molecule has 2 amide bonds. The average molecular weight is 289 g/mol. The highest BCUT2D eigenvalue weighted by Gasteiger charge is 2.10. The zero-order valence-electron chi connectivity index (χ0n) is 9.62. The van der Waals surface area contributed by atoms with Gasteiger partial charge in [-0.05, 0) is 23.8 Å². The van der Waals surface area contributed by atoms with Crippen molar-refractivity contribution in [1.29, 1.82) is 0 Å². The van der Waals surface area contributed by atoms with Gasteiger partial charge in [-0.2, -0.15) is 0 Å². The molecule has 0 aliphatic carbocycles. The third-order valence-corrected chi connectivity index (χ3v) is 2.57. The van der Waals surface area contributed by atoms with E-state index in [1.807, 2.05) is 0 Å². The fraction of sp³-hybridized carbons (Fsp3) is 0.250. The van der Waals surface area contributed by atoms with Crippen LogP contribution in [0.2, 0.25) is 10.0 Å². The first kappa shape index (κ1) is 14.8. The van der Waals surface area contributed by atoms with Crippen molar-refractivity contribution < 1.29 is 9.90 Å². The molecule has 0 aliphatic rings. The summed E-state index contributed by atoms with van der Waals surface area (Å²) in [6.07, 6.45) is 0.697. The Morgan fingerprint density at radius 1 is 1.33 bits per heavy atom. The van der Waals surface area contributed by atoms with Crippen LogP contribution in [0.25, 0.3) is 0 Å². The SMILES string of the molecule is C=CCNC(=O)NCC(O)c1cc(Cl)cc(Cl)c1. The molecule has 1 aromatic rings. The normalized spacial score (nSPS) is 11.7. The Morgan fingerprint density at radius 3 is 2.50 bits per heavy atom. The van der Waals surface area contributed by atoms with Gasteiger partial charge in [0.25, 0.3) is 0 Å². The molecule has 0 saturated carbocycles. The third-order valence-electron chi connectivity index (χ3n) is 2.13. The molecule has 1 unspecified atom stereocenters. The van der Waals surface area contributed by atoms with Gasteiger partial charge in [0.2, 0.25) is 0 Å². The summed E-state index contributed by atoms with van der Waals surface area (Å²) in [5, 5.41) is 15.8. The molecule has 98 valence electrons. The Hall–Kier alpha value is -1.23. The van der Waals surface area contributed by atoms with E-state index in [9.17, 15) is 9.90 Å². The second-order valence-corrected chi connectivity index (χ2v) is 4.47. The summed E-state index contributed by atoms with van der Waals surface area (Å²) in [6, 6.07) is 4.40. The summed E-state index contributed by atoms with van der Waals surface area (Å²) < 4.78 is 0. The molecule has 1 rings (SSSR count). The van der Waals surface area contributed by atoms with Crippen LogP contribution in [0.3, 0.4) is 0 Å². The number of aliphatic hydroxyl groups is 1. The van der Waals surface area contributed by atoms with Gasteiger partial charge < -0.3 is 15.7 Å². The van der Waals surface area contributed by atoms with Gasteiger partial charge >= 0.3 is 6.03 Å². The van der Waals surface area contributed by atoms with E-state index in [-0.39, 0.29) is 12.6 Å². The molecule has 4 nitrogen and oxygen atoms in total. The van der Waals surface area contributed by atoms with Crippen LogP contribution in [0.15, 0.2) is 30.9 Å². The van der Waals surface area contributed by atoms with Crippen molar-refractivity contribution in [3.05, 3.63) is 46.5 Å². The van der Waals surface area contributed by atoms with Gasteiger partial charge in [0.1, 0.15) is 0 Å². The van der Waals surface area contributed by atoms with E-state index in [0.717, 1.165) is 0 Å². The molecule has 18 heavy (non-hydrogen) atoms. The van der Waals surface area contributed by atoms with E-state index in [0.29, 0.717) is 22.2 Å². The summed E-state index contributed by atoms with van der Waals surface area (Å²) in [6.45, 7) is 3.91. The molecule has 0 saturated heterocycles. The fourth-order valence-electron chi connectivity index (χ4n) is 1.30. The summed E-state index contributed by atoms with van der Waals surface area (Å²) >= 11 is 11.6. The van der Waals surface area contributed by atoms with Crippen LogP contribution in [-0.2, 0) is 0 Å². The lowest BCUT2D eigenvalue weighted by molar-refractivity contribution is 0.173. The average Bonchev–Trinajstić information content (AvgIpc) is 2.32. The topological polar surface area (TPSA) is 61.4 Å². The Bertz CT molecular complexity index is 418. The standard InChI is InChI=1S/C12H14Cl2N2O2/c1-2-3-15-12(18)16-7-11(17)8-4-9(13)6-10(14)5-8/h2,4-6,11,17H,1,3,7H2,(H2,15,16,18). The highest BCUT2D eigenvalue weighted by Crippen LogP contribution is 2.23. The maximum atomic E-state index is 11.2. The molecule has 0 radical (unpaired) electrons. The fourth-order valence-corrected chi connectivity index (χ4v) is 1.85. The van der Waals surface area contributed by atoms with Crippen LogP contribution >= 0.6 is 23.2 Å². The van der Waals surface area contributed by atoms with Crippen LogP contribution < -0.4 is 10.6 Å². The lowest BCUT2D eigenvalue weighted by Gasteiger charge is -2.13. The highest BCUT2D eigenvalue weighted by molar-refractivity contribution is 6.34. The Balaban J connectivity index is 2.52. The van der Waals surface area contributed by atoms with Crippen molar-refractivity contribution in [2.75, 3.05) is 13.1 Å². The zero-order chi connectivity index (χ0) is 13.5. The van der Waals surface area contributed by atoms with Crippen molar-refractivity contribution in [2.45, 2.75) is 6.10 Å². The van der Waals surface area contributed by atoms with Crippen LogP contribution in [0, 0.1) is 0 Å². The number of hydrogen-bond donors (Lipinski definition) is 3. The quantitative estimate of drug-likeness (QED) is 0.729. The molecule has 6 heteroatoms. The van der Waals surface area contributed by atoms with Crippen LogP contribution in [-0.4, -0.2) is 24.2 Å². The molecule has 0 bridgehead atoms. The first-order valence-corrected chi connectivity index (χ1v) is 6.05. The number of carbonyl (C=O) groups is 1. The number of benzene rings is 1. The van der Waals surface area contributed by atoms with E-state index in [1.54, 1.807) is 24.3 Å².